The van der Waals surface area contributed by atoms with Crippen LogP contribution in [0.1, 0.15) is 5.56 Å². The summed E-state index contributed by atoms with van der Waals surface area (Å²) in [5.41, 5.74) is 9.67. The molecule has 0 amide bonds. The van der Waals surface area contributed by atoms with Gasteiger partial charge in [-0.3, -0.25) is 0 Å². The maximum atomic E-state index is 8.12. The zero-order valence-electron chi connectivity index (χ0n) is 14.4. The molecular formula is C18H19N5O3. The minimum atomic E-state index is 0.250. The molecule has 1 saturated heterocycles. The van der Waals surface area contributed by atoms with Gasteiger partial charge in [0.05, 0.1) is 13.2 Å². The summed E-state index contributed by atoms with van der Waals surface area (Å²) in [7, 11) is 0. The molecule has 3 heterocycles. The van der Waals surface area contributed by atoms with Gasteiger partial charge < -0.3 is 15.4 Å². The second-order valence-corrected chi connectivity index (χ2v) is 5.91. The molecule has 8 nitrogen and oxygen atoms in total. The first-order valence-corrected chi connectivity index (χ1v) is 8.17. The van der Waals surface area contributed by atoms with E-state index < -0.39 is 0 Å². The summed E-state index contributed by atoms with van der Waals surface area (Å²) in [6, 6.07) is 9.78. The molecule has 0 atom stereocenters. The number of rotatable bonds is 2. The number of morpholine rings is 1. The molecule has 3 aromatic rings. The fraction of sp³-hybridized carbons (Fsp3) is 0.278. The Morgan fingerprint density at radius 1 is 1.15 bits per heavy atom. The fourth-order valence-electron chi connectivity index (χ4n) is 2.88. The van der Waals surface area contributed by atoms with Crippen molar-refractivity contribution in [2.75, 3.05) is 36.9 Å². The van der Waals surface area contributed by atoms with Crippen LogP contribution >= 0.6 is 0 Å². The Bertz CT molecular complexity index is 924. The second kappa shape index (κ2) is 7.77. The number of nitrogen functional groups attached to an aromatic ring is 1. The van der Waals surface area contributed by atoms with Crippen molar-refractivity contribution >= 4 is 23.2 Å². The highest BCUT2D eigenvalue weighted by Crippen LogP contribution is 2.26. The van der Waals surface area contributed by atoms with Gasteiger partial charge in [-0.15, -0.1) is 5.10 Å². The number of aryl methyl sites for hydroxylation is 1. The van der Waals surface area contributed by atoms with E-state index in [9.17, 15) is 0 Å². The van der Waals surface area contributed by atoms with E-state index in [1.54, 1.807) is 0 Å². The normalized spacial score (nSPS) is 13.8. The first-order valence-electron chi connectivity index (χ1n) is 8.17. The van der Waals surface area contributed by atoms with E-state index >= 15 is 0 Å². The Kier molecular flexibility index (Phi) is 5.26. The molecule has 0 unspecified atom stereocenters. The molecule has 2 aromatic heterocycles. The van der Waals surface area contributed by atoms with Crippen molar-refractivity contribution < 1.29 is 14.3 Å². The lowest BCUT2D eigenvalue weighted by Gasteiger charge is -2.28. The minimum Gasteiger partial charge on any atom is -0.399 e. The Hall–Kier alpha value is -3.22. The molecule has 0 saturated carbocycles. The summed E-state index contributed by atoms with van der Waals surface area (Å²) in [5.74, 6) is 1.66. The Labute approximate surface area is 150 Å². The van der Waals surface area contributed by atoms with Crippen LogP contribution in [-0.4, -0.2) is 47.1 Å². The maximum Gasteiger partial charge on any atom is 0.373 e. The number of fused-ring (bicyclic) bond motifs is 1. The van der Waals surface area contributed by atoms with E-state index in [1.807, 2.05) is 35.0 Å². The molecule has 1 aromatic carbocycles. The van der Waals surface area contributed by atoms with Crippen LogP contribution < -0.4 is 10.6 Å². The van der Waals surface area contributed by atoms with Crippen LogP contribution in [0.5, 0.6) is 0 Å². The van der Waals surface area contributed by atoms with E-state index in [2.05, 4.69) is 23.0 Å². The van der Waals surface area contributed by atoms with Crippen LogP contribution in [0.2, 0.25) is 0 Å². The van der Waals surface area contributed by atoms with Crippen molar-refractivity contribution in [2.24, 2.45) is 0 Å². The van der Waals surface area contributed by atoms with Gasteiger partial charge in [-0.05, 0) is 42.8 Å². The van der Waals surface area contributed by atoms with Crippen molar-refractivity contribution in [1.29, 1.82) is 0 Å². The molecule has 0 spiro atoms. The van der Waals surface area contributed by atoms with Crippen LogP contribution in [0.4, 0.5) is 11.5 Å². The Morgan fingerprint density at radius 2 is 1.81 bits per heavy atom. The lowest BCUT2D eigenvalue weighted by atomic mass is 10.2. The van der Waals surface area contributed by atoms with Crippen molar-refractivity contribution in [3.8, 4) is 11.4 Å². The lowest BCUT2D eigenvalue weighted by Crippen LogP contribution is -2.37. The monoisotopic (exact) mass is 353 g/mol. The van der Waals surface area contributed by atoms with E-state index in [1.165, 1.54) is 5.56 Å². The quantitative estimate of drug-likeness (QED) is 0.697. The van der Waals surface area contributed by atoms with E-state index in [-0.39, 0.29) is 6.15 Å². The van der Waals surface area contributed by atoms with Crippen molar-refractivity contribution in [2.45, 2.75) is 6.92 Å². The molecule has 0 radical (unpaired) electrons. The summed E-state index contributed by atoms with van der Waals surface area (Å²) in [6.45, 7) is 5.22. The first kappa shape index (κ1) is 17.6. The third-order valence-corrected chi connectivity index (χ3v) is 4.06. The van der Waals surface area contributed by atoms with Gasteiger partial charge in [-0.25, -0.2) is 9.50 Å². The molecule has 2 N–H and O–H groups in total. The number of hydrogen-bond donors (Lipinski definition) is 1. The molecule has 0 aliphatic carbocycles. The van der Waals surface area contributed by atoms with Crippen molar-refractivity contribution in [1.82, 2.24) is 14.6 Å². The molecule has 26 heavy (non-hydrogen) atoms. The van der Waals surface area contributed by atoms with Gasteiger partial charge in [0.15, 0.2) is 11.6 Å². The highest BCUT2D eigenvalue weighted by molar-refractivity contribution is 5.73. The summed E-state index contributed by atoms with van der Waals surface area (Å²) >= 11 is 0. The first-order chi connectivity index (χ1) is 12.6. The number of hydrogen-bond acceptors (Lipinski definition) is 7. The van der Waals surface area contributed by atoms with E-state index in [4.69, 9.17) is 25.0 Å². The highest BCUT2D eigenvalue weighted by atomic mass is 16.5. The molecule has 1 aliphatic heterocycles. The van der Waals surface area contributed by atoms with E-state index in [0.717, 1.165) is 48.9 Å². The van der Waals surface area contributed by atoms with Crippen LogP contribution in [0, 0.1) is 6.92 Å². The van der Waals surface area contributed by atoms with Gasteiger partial charge in [-0.2, -0.15) is 9.59 Å². The van der Waals surface area contributed by atoms with Crippen LogP contribution in [-0.2, 0) is 14.3 Å². The van der Waals surface area contributed by atoms with Gasteiger partial charge in [0.1, 0.15) is 5.52 Å². The maximum absolute atomic E-state index is 8.12. The largest absolute Gasteiger partial charge is 0.399 e. The Balaban J connectivity index is 0.000000613. The Morgan fingerprint density at radius 3 is 2.46 bits per heavy atom. The number of aromatic nitrogens is 3. The van der Waals surface area contributed by atoms with Crippen LogP contribution in [0.25, 0.3) is 16.9 Å². The van der Waals surface area contributed by atoms with Crippen molar-refractivity contribution in [3.05, 3.63) is 42.1 Å². The zero-order valence-corrected chi connectivity index (χ0v) is 14.4. The summed E-state index contributed by atoms with van der Waals surface area (Å²) in [6.07, 6.45) is 2.28. The summed E-state index contributed by atoms with van der Waals surface area (Å²) in [4.78, 5) is 23.4. The molecule has 1 aliphatic rings. The number of ether oxygens (including phenoxy) is 1. The highest BCUT2D eigenvalue weighted by Gasteiger charge is 2.18. The topological polar surface area (TPSA) is 103 Å². The molecular weight excluding hydrogens is 334 g/mol. The van der Waals surface area contributed by atoms with Gasteiger partial charge in [0.2, 0.25) is 0 Å². The number of anilines is 2. The smallest absolute Gasteiger partial charge is 0.373 e. The van der Waals surface area contributed by atoms with E-state index in [0.29, 0.717) is 5.82 Å². The average molecular weight is 353 g/mol. The zero-order chi connectivity index (χ0) is 18.5. The molecule has 1 fully saturated rings. The van der Waals surface area contributed by atoms with Gasteiger partial charge in [0.25, 0.3) is 0 Å². The average Bonchev–Trinajstić information content (AvgIpc) is 3.03. The second-order valence-electron chi connectivity index (χ2n) is 5.91. The third-order valence-electron chi connectivity index (χ3n) is 4.06. The number of nitrogens with zero attached hydrogens (tertiary/aromatic N) is 4. The third kappa shape index (κ3) is 3.72. The predicted octanol–water partition coefficient (Wildman–Crippen LogP) is 1.54. The number of carbonyl (C=O) groups excluding carboxylic acids is 2. The molecule has 0 bridgehead atoms. The van der Waals surface area contributed by atoms with Crippen LogP contribution in [0.3, 0.4) is 0 Å². The fourth-order valence-corrected chi connectivity index (χ4v) is 2.88. The summed E-state index contributed by atoms with van der Waals surface area (Å²) < 4.78 is 7.38. The standard InChI is InChI=1S/C17H19N5O.CO2/c1-12-10-15-17(21-6-8-23-9-7-21)19-16(20-22(15)11-12)13-2-4-14(18)5-3-13;2-1-3/h2-5,10-11H,6-9,18H2,1H3;. The van der Waals surface area contributed by atoms with Gasteiger partial charge in [0, 0.05) is 30.5 Å². The lowest BCUT2D eigenvalue weighted by molar-refractivity contribution is -0.191. The summed E-state index contributed by atoms with van der Waals surface area (Å²) in [5, 5.41) is 4.66. The van der Waals surface area contributed by atoms with Gasteiger partial charge >= 0.3 is 6.15 Å². The molecule has 8 heteroatoms. The number of benzene rings is 1. The van der Waals surface area contributed by atoms with Crippen molar-refractivity contribution in [3.63, 3.8) is 0 Å². The molecule has 4 rings (SSSR count). The minimum absolute atomic E-state index is 0.250. The number of nitrogens with two attached hydrogens (primary N) is 1. The van der Waals surface area contributed by atoms with Gasteiger partial charge in [-0.1, -0.05) is 0 Å². The molecule has 134 valence electrons. The van der Waals surface area contributed by atoms with Crippen LogP contribution in [0.15, 0.2) is 36.5 Å². The SMILES string of the molecule is Cc1cc2c(N3CCOCC3)nc(-c3ccc(N)cc3)nn2c1.O=C=O. The predicted molar refractivity (Wildman–Crippen MR) is 95.6 cm³/mol.